The minimum Gasteiger partial charge on any atom is -0.389 e. The van der Waals surface area contributed by atoms with Crippen LogP contribution in [0.1, 0.15) is 13.3 Å². The predicted molar refractivity (Wildman–Crippen MR) is 65.5 cm³/mol. The normalized spacial score (nSPS) is 15.6. The molecule has 2 N–H and O–H groups in total. The first-order valence-corrected chi connectivity index (χ1v) is 6.96. The summed E-state index contributed by atoms with van der Waals surface area (Å²) in [4.78, 5) is 0. The molecule has 0 aliphatic rings. The van der Waals surface area contributed by atoms with E-state index in [0.717, 1.165) is 0 Å². The number of rotatable bonds is 7. The van der Waals surface area contributed by atoms with Crippen molar-refractivity contribution < 1.29 is 18.3 Å². The lowest BCUT2D eigenvalue weighted by molar-refractivity contribution is 0.0291. The molecule has 1 rings (SSSR count). The molecule has 0 amide bonds. The summed E-state index contributed by atoms with van der Waals surface area (Å²) in [7, 11) is -0.593. The summed E-state index contributed by atoms with van der Waals surface area (Å²) in [6.45, 7) is 1.84. The van der Waals surface area contributed by atoms with Gasteiger partial charge in [0.2, 0.25) is 0 Å². The predicted octanol–water partition coefficient (Wildman–Crippen LogP) is -0.514. The molecule has 1 unspecified atom stereocenters. The number of nitrogens with zero attached hydrogens (tertiary/aromatic N) is 2. The van der Waals surface area contributed by atoms with Gasteiger partial charge in [0.1, 0.15) is 0 Å². The molecule has 18 heavy (non-hydrogen) atoms. The van der Waals surface area contributed by atoms with Crippen LogP contribution in [0.4, 0.5) is 0 Å². The lowest BCUT2D eigenvalue weighted by Crippen LogP contribution is -2.41. The summed E-state index contributed by atoms with van der Waals surface area (Å²) in [5.74, 6) is 0. The van der Waals surface area contributed by atoms with Crippen LogP contribution in [-0.4, -0.2) is 49.2 Å². The summed E-state index contributed by atoms with van der Waals surface area (Å²) >= 11 is 0. The number of methoxy groups -OCH3 is 1. The first-order valence-electron chi connectivity index (χ1n) is 5.47. The lowest BCUT2D eigenvalue weighted by atomic mass is 10.0. The summed E-state index contributed by atoms with van der Waals surface area (Å²) in [5.41, 5.74) is -1.15. The van der Waals surface area contributed by atoms with E-state index in [0.29, 0.717) is 13.0 Å². The molecule has 7 nitrogen and oxygen atoms in total. The molecule has 0 aromatic carbocycles. The van der Waals surface area contributed by atoms with Crippen molar-refractivity contribution in [1.29, 1.82) is 0 Å². The summed E-state index contributed by atoms with van der Waals surface area (Å²) in [6, 6.07) is 1.40. The SMILES string of the molecule is COCCC(C)(O)CNS(=O)(=O)c1ccnn1C. The molecule has 0 saturated carbocycles. The monoisotopic (exact) mass is 277 g/mol. The Labute approximate surface area is 107 Å². The smallest absolute Gasteiger partial charge is 0.257 e. The van der Waals surface area contributed by atoms with Gasteiger partial charge in [0.25, 0.3) is 10.0 Å². The lowest BCUT2D eigenvalue weighted by Gasteiger charge is -2.23. The second kappa shape index (κ2) is 5.79. The Bertz CT molecular complexity index is 481. The highest BCUT2D eigenvalue weighted by atomic mass is 32.2. The van der Waals surface area contributed by atoms with Gasteiger partial charge in [-0.1, -0.05) is 0 Å². The zero-order valence-corrected chi connectivity index (χ0v) is 11.6. The van der Waals surface area contributed by atoms with Crippen molar-refractivity contribution in [3.8, 4) is 0 Å². The number of aliphatic hydroxyl groups is 1. The second-order valence-corrected chi connectivity index (χ2v) is 6.07. The van der Waals surface area contributed by atoms with Gasteiger partial charge >= 0.3 is 0 Å². The highest BCUT2D eigenvalue weighted by molar-refractivity contribution is 7.89. The van der Waals surface area contributed by atoms with Gasteiger partial charge in [0.05, 0.1) is 11.8 Å². The number of nitrogens with one attached hydrogen (secondary N) is 1. The molecule has 8 heteroatoms. The van der Waals surface area contributed by atoms with Gasteiger partial charge in [-0.3, -0.25) is 4.68 Å². The zero-order chi connectivity index (χ0) is 13.8. The number of hydrogen-bond donors (Lipinski definition) is 2. The van der Waals surface area contributed by atoms with Crippen LogP contribution in [0.3, 0.4) is 0 Å². The molecule has 0 aliphatic carbocycles. The highest BCUT2D eigenvalue weighted by Gasteiger charge is 2.25. The van der Waals surface area contributed by atoms with E-state index in [-0.39, 0.29) is 11.6 Å². The van der Waals surface area contributed by atoms with Gasteiger partial charge in [0, 0.05) is 33.7 Å². The van der Waals surface area contributed by atoms with Crippen LogP contribution in [0.15, 0.2) is 17.3 Å². The van der Waals surface area contributed by atoms with Crippen LogP contribution in [0.25, 0.3) is 0 Å². The minimum absolute atomic E-state index is 0.0602. The van der Waals surface area contributed by atoms with Crippen molar-refractivity contribution >= 4 is 10.0 Å². The Morgan fingerprint density at radius 2 is 2.28 bits per heavy atom. The number of hydrogen-bond acceptors (Lipinski definition) is 5. The Hall–Kier alpha value is -0.960. The average molecular weight is 277 g/mol. The Morgan fingerprint density at radius 3 is 2.78 bits per heavy atom. The first kappa shape index (κ1) is 15.1. The van der Waals surface area contributed by atoms with Crippen molar-refractivity contribution in [3.05, 3.63) is 12.3 Å². The highest BCUT2D eigenvalue weighted by Crippen LogP contribution is 2.11. The molecule has 0 saturated heterocycles. The van der Waals surface area contributed by atoms with E-state index in [1.54, 1.807) is 6.92 Å². The van der Waals surface area contributed by atoms with E-state index in [1.807, 2.05) is 0 Å². The zero-order valence-electron chi connectivity index (χ0n) is 10.8. The Balaban J connectivity index is 2.66. The van der Waals surface area contributed by atoms with E-state index in [2.05, 4.69) is 9.82 Å². The van der Waals surface area contributed by atoms with Crippen molar-refractivity contribution in [2.75, 3.05) is 20.3 Å². The molecule has 0 fully saturated rings. The topological polar surface area (TPSA) is 93.4 Å². The van der Waals surface area contributed by atoms with Gasteiger partial charge in [-0.15, -0.1) is 0 Å². The summed E-state index contributed by atoms with van der Waals surface area (Å²) < 4.78 is 32.3. The maximum Gasteiger partial charge on any atom is 0.257 e. The maximum absolute atomic E-state index is 11.9. The average Bonchev–Trinajstić information content (AvgIpc) is 2.71. The van der Waals surface area contributed by atoms with Gasteiger partial charge in [0.15, 0.2) is 5.03 Å². The summed E-state index contributed by atoms with van der Waals surface area (Å²) in [5, 5.41) is 13.8. The molecule has 0 aliphatic heterocycles. The molecule has 0 radical (unpaired) electrons. The fourth-order valence-corrected chi connectivity index (χ4v) is 2.64. The number of ether oxygens (including phenoxy) is 1. The van der Waals surface area contributed by atoms with Crippen molar-refractivity contribution in [2.24, 2.45) is 7.05 Å². The van der Waals surface area contributed by atoms with Crippen LogP contribution in [0.2, 0.25) is 0 Å². The molecular formula is C10H19N3O4S. The first-order chi connectivity index (χ1) is 8.28. The third kappa shape index (κ3) is 4.05. The Kier molecular flexibility index (Phi) is 4.85. The molecule has 1 aromatic heterocycles. The van der Waals surface area contributed by atoms with Crippen molar-refractivity contribution in [2.45, 2.75) is 24.0 Å². The van der Waals surface area contributed by atoms with Crippen LogP contribution in [-0.2, 0) is 21.8 Å². The van der Waals surface area contributed by atoms with Crippen molar-refractivity contribution in [3.63, 3.8) is 0 Å². The standard InChI is InChI=1S/C10H19N3O4S/c1-10(14,5-7-17-3)8-12-18(15,16)9-4-6-11-13(9)2/h4,6,12,14H,5,7-8H2,1-3H3. The fourth-order valence-electron chi connectivity index (χ4n) is 1.36. The van der Waals surface area contributed by atoms with Crippen LogP contribution in [0, 0.1) is 0 Å². The van der Waals surface area contributed by atoms with Crippen molar-refractivity contribution in [1.82, 2.24) is 14.5 Å². The van der Waals surface area contributed by atoms with Crippen LogP contribution < -0.4 is 4.72 Å². The molecule has 104 valence electrons. The Morgan fingerprint density at radius 1 is 1.61 bits per heavy atom. The third-order valence-electron chi connectivity index (χ3n) is 2.54. The van der Waals surface area contributed by atoms with E-state index in [9.17, 15) is 13.5 Å². The maximum atomic E-state index is 11.9. The molecule has 0 bridgehead atoms. The number of sulfonamides is 1. The second-order valence-electron chi connectivity index (χ2n) is 4.36. The molecule has 1 heterocycles. The molecule has 1 aromatic rings. The van der Waals surface area contributed by atoms with Gasteiger partial charge < -0.3 is 9.84 Å². The minimum atomic E-state index is -3.66. The summed E-state index contributed by atoms with van der Waals surface area (Å²) in [6.07, 6.45) is 1.75. The number of aromatic nitrogens is 2. The van der Waals surface area contributed by atoms with Crippen LogP contribution in [0.5, 0.6) is 0 Å². The van der Waals surface area contributed by atoms with Gasteiger partial charge in [-0.2, -0.15) is 5.10 Å². The van der Waals surface area contributed by atoms with E-state index in [4.69, 9.17) is 4.74 Å². The number of aryl methyl sites for hydroxylation is 1. The van der Waals surface area contributed by atoms with E-state index in [1.165, 1.54) is 31.1 Å². The van der Waals surface area contributed by atoms with E-state index < -0.39 is 15.6 Å². The van der Waals surface area contributed by atoms with Gasteiger partial charge in [-0.25, -0.2) is 13.1 Å². The largest absolute Gasteiger partial charge is 0.389 e. The third-order valence-corrected chi connectivity index (χ3v) is 4.01. The quantitative estimate of drug-likeness (QED) is 0.700. The molecule has 1 atom stereocenters. The molecule has 0 spiro atoms. The van der Waals surface area contributed by atoms with Gasteiger partial charge in [-0.05, 0) is 13.0 Å². The van der Waals surface area contributed by atoms with Crippen LogP contribution >= 0.6 is 0 Å². The molecular weight excluding hydrogens is 258 g/mol. The fraction of sp³-hybridized carbons (Fsp3) is 0.700. The van der Waals surface area contributed by atoms with E-state index >= 15 is 0 Å².